The molecule has 1 saturated carbocycles. The molecule has 0 bridgehead atoms. The topological polar surface area (TPSA) is 0 Å². The highest BCUT2D eigenvalue weighted by Gasteiger charge is 2.20. The Balaban J connectivity index is 1.76. The first-order valence-corrected chi connectivity index (χ1v) is 9.58. The summed E-state index contributed by atoms with van der Waals surface area (Å²) in [6.07, 6.45) is 5.42. The maximum atomic E-state index is 3.33. The van der Waals surface area contributed by atoms with Gasteiger partial charge in [-0.05, 0) is 84.0 Å². The van der Waals surface area contributed by atoms with Gasteiger partial charge in [0.05, 0.1) is 0 Å². The van der Waals surface area contributed by atoms with Gasteiger partial charge in [-0.25, -0.2) is 0 Å². The molecular weight excluding hydrogens is 391 g/mol. The first kappa shape index (κ1) is 16.6. The number of halogens is 1. The summed E-state index contributed by atoms with van der Waals surface area (Å²) in [6, 6.07) is 15.3. The summed E-state index contributed by atoms with van der Waals surface area (Å²) in [4.78, 5) is 0. The largest absolute Gasteiger partial charge is 0.0625 e. The summed E-state index contributed by atoms with van der Waals surface area (Å²) in [5.41, 5.74) is 4.99. The number of benzene rings is 2. The molecule has 1 aliphatic rings. The Morgan fingerprint density at radius 1 is 0.913 bits per heavy atom. The van der Waals surface area contributed by atoms with Crippen LogP contribution in [0.3, 0.4) is 0 Å². The summed E-state index contributed by atoms with van der Waals surface area (Å²) < 4.78 is 1.28. The number of aryl methyl sites for hydroxylation is 1. The maximum Gasteiger partial charge on any atom is 0.0382 e. The molecule has 0 radical (unpaired) electrons. The normalized spacial score (nSPS) is 20.7. The SMILES string of the molecule is Cc1ccc(C#Cc2ccc(C3CCC(C)CC3)cc2I)cc1. The van der Waals surface area contributed by atoms with Gasteiger partial charge in [0, 0.05) is 14.7 Å². The van der Waals surface area contributed by atoms with Gasteiger partial charge in [-0.1, -0.05) is 55.4 Å². The molecule has 118 valence electrons. The van der Waals surface area contributed by atoms with E-state index >= 15 is 0 Å². The summed E-state index contributed by atoms with van der Waals surface area (Å²) in [6.45, 7) is 4.48. The second-order valence-corrected chi connectivity index (χ2v) is 7.97. The van der Waals surface area contributed by atoms with Gasteiger partial charge in [-0.3, -0.25) is 0 Å². The van der Waals surface area contributed by atoms with Crippen molar-refractivity contribution in [2.45, 2.75) is 45.4 Å². The van der Waals surface area contributed by atoms with Crippen molar-refractivity contribution in [1.29, 1.82) is 0 Å². The van der Waals surface area contributed by atoms with Crippen molar-refractivity contribution in [2.75, 3.05) is 0 Å². The Morgan fingerprint density at radius 3 is 2.26 bits per heavy atom. The van der Waals surface area contributed by atoms with Gasteiger partial charge in [0.15, 0.2) is 0 Å². The fourth-order valence-corrected chi connectivity index (χ4v) is 3.93. The first-order valence-electron chi connectivity index (χ1n) is 8.50. The molecule has 0 aliphatic heterocycles. The lowest BCUT2D eigenvalue weighted by Crippen LogP contribution is -2.11. The third-order valence-corrected chi connectivity index (χ3v) is 5.77. The van der Waals surface area contributed by atoms with Crippen LogP contribution >= 0.6 is 22.6 Å². The van der Waals surface area contributed by atoms with E-state index in [1.807, 2.05) is 0 Å². The van der Waals surface area contributed by atoms with Crippen LogP contribution in [0.5, 0.6) is 0 Å². The minimum atomic E-state index is 0.749. The van der Waals surface area contributed by atoms with Crippen molar-refractivity contribution >= 4 is 22.6 Å². The number of rotatable bonds is 1. The average Bonchev–Trinajstić information content (AvgIpc) is 2.56. The third-order valence-electron chi connectivity index (χ3n) is 4.87. The second kappa shape index (κ2) is 7.53. The summed E-state index contributed by atoms with van der Waals surface area (Å²) in [5, 5.41) is 0. The van der Waals surface area contributed by atoms with Crippen molar-refractivity contribution in [2.24, 2.45) is 5.92 Å². The molecule has 0 nitrogen and oxygen atoms in total. The van der Waals surface area contributed by atoms with Crippen LogP contribution in [0.25, 0.3) is 0 Å². The van der Waals surface area contributed by atoms with E-state index in [0.29, 0.717) is 0 Å². The number of hydrogen-bond acceptors (Lipinski definition) is 0. The molecule has 3 rings (SSSR count). The van der Waals surface area contributed by atoms with Crippen molar-refractivity contribution < 1.29 is 0 Å². The van der Waals surface area contributed by atoms with E-state index in [9.17, 15) is 0 Å². The molecule has 0 heterocycles. The Labute approximate surface area is 153 Å². The average molecular weight is 414 g/mol. The van der Waals surface area contributed by atoms with Crippen LogP contribution in [0.4, 0.5) is 0 Å². The first-order chi connectivity index (χ1) is 11.1. The van der Waals surface area contributed by atoms with E-state index in [2.05, 4.69) is 90.7 Å². The summed E-state index contributed by atoms with van der Waals surface area (Å²) >= 11 is 2.43. The molecule has 2 aromatic carbocycles. The van der Waals surface area contributed by atoms with Crippen LogP contribution in [0.2, 0.25) is 0 Å². The predicted molar refractivity (Wildman–Crippen MR) is 107 cm³/mol. The zero-order chi connectivity index (χ0) is 16.2. The Bertz CT molecular complexity index is 723. The van der Waals surface area contributed by atoms with Gasteiger partial charge in [-0.15, -0.1) is 0 Å². The van der Waals surface area contributed by atoms with Crippen molar-refractivity contribution in [1.82, 2.24) is 0 Å². The standard InChI is InChI=1S/C22H23I/c1-16-3-7-18(8-4-16)9-12-20-13-14-21(15-22(20)23)19-10-5-17(2)6-11-19/h3-4,7-8,13-15,17,19H,5-6,10-11H2,1-2H3. The molecule has 0 saturated heterocycles. The van der Waals surface area contributed by atoms with Gasteiger partial charge in [0.2, 0.25) is 0 Å². The molecule has 0 spiro atoms. The van der Waals surface area contributed by atoms with Crippen LogP contribution in [0.1, 0.15) is 60.8 Å². The monoisotopic (exact) mass is 414 g/mol. The lowest BCUT2D eigenvalue weighted by atomic mass is 9.79. The molecule has 1 heteroatoms. The van der Waals surface area contributed by atoms with Crippen LogP contribution in [-0.2, 0) is 0 Å². The molecule has 0 aromatic heterocycles. The summed E-state index contributed by atoms with van der Waals surface area (Å²) in [7, 11) is 0. The van der Waals surface area contributed by atoms with Gasteiger partial charge in [-0.2, -0.15) is 0 Å². The van der Waals surface area contributed by atoms with Crippen LogP contribution < -0.4 is 0 Å². The fourth-order valence-electron chi connectivity index (χ4n) is 3.26. The fraction of sp³-hybridized carbons (Fsp3) is 0.364. The highest BCUT2D eigenvalue weighted by molar-refractivity contribution is 14.1. The number of hydrogen-bond donors (Lipinski definition) is 0. The van der Waals surface area contributed by atoms with E-state index in [-0.39, 0.29) is 0 Å². The lowest BCUT2D eigenvalue weighted by molar-refractivity contribution is 0.348. The van der Waals surface area contributed by atoms with Gasteiger partial charge in [0.1, 0.15) is 0 Å². The molecule has 1 aliphatic carbocycles. The van der Waals surface area contributed by atoms with Crippen LogP contribution in [-0.4, -0.2) is 0 Å². The molecule has 23 heavy (non-hydrogen) atoms. The van der Waals surface area contributed by atoms with Crippen LogP contribution in [0.15, 0.2) is 42.5 Å². The quantitative estimate of drug-likeness (QED) is 0.380. The molecule has 1 fully saturated rings. The van der Waals surface area contributed by atoms with E-state index in [1.54, 1.807) is 0 Å². The Hall–Kier alpha value is -1.27. The van der Waals surface area contributed by atoms with Crippen molar-refractivity contribution in [3.05, 3.63) is 68.3 Å². The molecular formula is C22H23I. The van der Waals surface area contributed by atoms with Crippen molar-refractivity contribution in [3.63, 3.8) is 0 Å². The highest BCUT2D eigenvalue weighted by Crippen LogP contribution is 2.36. The third kappa shape index (κ3) is 4.38. The molecule has 0 unspecified atom stereocenters. The van der Waals surface area contributed by atoms with E-state index in [0.717, 1.165) is 23.0 Å². The smallest absolute Gasteiger partial charge is 0.0382 e. The van der Waals surface area contributed by atoms with Crippen LogP contribution in [0, 0.1) is 28.3 Å². The minimum absolute atomic E-state index is 0.749. The van der Waals surface area contributed by atoms with E-state index in [4.69, 9.17) is 0 Å². The minimum Gasteiger partial charge on any atom is -0.0625 e. The predicted octanol–water partition coefficient (Wildman–Crippen LogP) is 6.29. The molecule has 2 aromatic rings. The van der Waals surface area contributed by atoms with Gasteiger partial charge < -0.3 is 0 Å². The van der Waals surface area contributed by atoms with E-state index < -0.39 is 0 Å². The molecule has 0 amide bonds. The molecule has 0 atom stereocenters. The highest BCUT2D eigenvalue weighted by atomic mass is 127. The second-order valence-electron chi connectivity index (χ2n) is 6.81. The molecule has 0 N–H and O–H groups in total. The lowest BCUT2D eigenvalue weighted by Gasteiger charge is -2.26. The van der Waals surface area contributed by atoms with Crippen molar-refractivity contribution in [3.8, 4) is 11.8 Å². The van der Waals surface area contributed by atoms with Gasteiger partial charge >= 0.3 is 0 Å². The van der Waals surface area contributed by atoms with E-state index in [1.165, 1.54) is 40.4 Å². The zero-order valence-electron chi connectivity index (χ0n) is 13.9. The Morgan fingerprint density at radius 2 is 1.61 bits per heavy atom. The zero-order valence-corrected chi connectivity index (χ0v) is 16.1. The van der Waals surface area contributed by atoms with Gasteiger partial charge in [0.25, 0.3) is 0 Å². The summed E-state index contributed by atoms with van der Waals surface area (Å²) in [5.74, 6) is 8.26. The Kier molecular flexibility index (Phi) is 5.43. The maximum absolute atomic E-state index is 3.33.